The molecular weight excluding hydrogens is 324 g/mol. The minimum atomic E-state index is -3.61. The van der Waals surface area contributed by atoms with Crippen molar-refractivity contribution in [3.8, 4) is 0 Å². The highest BCUT2D eigenvalue weighted by Crippen LogP contribution is 2.13. The summed E-state index contributed by atoms with van der Waals surface area (Å²) >= 11 is 0. The molecule has 5 nitrogen and oxygen atoms in total. The van der Waals surface area contributed by atoms with E-state index >= 15 is 0 Å². The predicted molar refractivity (Wildman–Crippen MR) is 101 cm³/mol. The van der Waals surface area contributed by atoms with Crippen molar-refractivity contribution in [2.75, 3.05) is 20.6 Å². The molecule has 0 spiro atoms. The van der Waals surface area contributed by atoms with Gasteiger partial charge in [0.1, 0.15) is 0 Å². The SMILES string of the molecule is CCCCCCCCCCCCCCCN(C=O)S(=O)(=O)N(C)C. The van der Waals surface area contributed by atoms with E-state index in [1.807, 2.05) is 0 Å². The Kier molecular flexibility index (Phi) is 14.3. The van der Waals surface area contributed by atoms with Gasteiger partial charge in [0, 0.05) is 20.6 Å². The maximum Gasteiger partial charge on any atom is 0.305 e. The van der Waals surface area contributed by atoms with E-state index in [4.69, 9.17) is 0 Å². The van der Waals surface area contributed by atoms with Crippen molar-refractivity contribution >= 4 is 16.6 Å². The van der Waals surface area contributed by atoms with E-state index < -0.39 is 10.2 Å². The molecular formula is C18H38N2O3S. The molecule has 0 aromatic carbocycles. The number of hydrogen-bond donors (Lipinski definition) is 0. The van der Waals surface area contributed by atoms with Gasteiger partial charge in [-0.25, -0.2) is 4.31 Å². The Bertz CT molecular complexity index is 397. The number of nitrogens with zero attached hydrogens (tertiary/aromatic N) is 2. The zero-order valence-electron chi connectivity index (χ0n) is 16.0. The first-order valence-electron chi connectivity index (χ1n) is 9.61. The summed E-state index contributed by atoms with van der Waals surface area (Å²) in [6.07, 6.45) is 16.6. The highest BCUT2D eigenvalue weighted by molar-refractivity contribution is 7.87. The van der Waals surface area contributed by atoms with Crippen LogP contribution in [0.25, 0.3) is 0 Å². The lowest BCUT2D eigenvalue weighted by molar-refractivity contribution is -0.114. The van der Waals surface area contributed by atoms with Crippen LogP contribution in [0.1, 0.15) is 90.4 Å². The average molecular weight is 363 g/mol. The average Bonchev–Trinajstić information content (AvgIpc) is 2.55. The van der Waals surface area contributed by atoms with Gasteiger partial charge in [0.05, 0.1) is 0 Å². The summed E-state index contributed by atoms with van der Waals surface area (Å²) in [4.78, 5) is 10.9. The summed E-state index contributed by atoms with van der Waals surface area (Å²) in [5.41, 5.74) is 0. The number of carbonyl (C=O) groups is 1. The van der Waals surface area contributed by atoms with Crippen molar-refractivity contribution in [3.05, 3.63) is 0 Å². The number of carbonyl (C=O) groups excluding carboxylic acids is 1. The van der Waals surface area contributed by atoms with Crippen LogP contribution in [0.2, 0.25) is 0 Å². The van der Waals surface area contributed by atoms with E-state index in [-0.39, 0.29) is 6.54 Å². The lowest BCUT2D eigenvalue weighted by atomic mass is 10.0. The van der Waals surface area contributed by atoms with Crippen molar-refractivity contribution in [1.82, 2.24) is 8.61 Å². The van der Waals surface area contributed by atoms with Gasteiger partial charge in [-0.3, -0.25) is 4.79 Å². The first-order chi connectivity index (χ1) is 11.5. The third kappa shape index (κ3) is 11.0. The molecule has 24 heavy (non-hydrogen) atoms. The van der Waals surface area contributed by atoms with Crippen LogP contribution in [-0.4, -0.2) is 44.1 Å². The summed E-state index contributed by atoms with van der Waals surface area (Å²) in [5.74, 6) is 0. The lowest BCUT2D eigenvalue weighted by Gasteiger charge is -2.21. The Balaban J connectivity index is 3.49. The van der Waals surface area contributed by atoms with Crippen molar-refractivity contribution in [2.45, 2.75) is 90.4 Å². The van der Waals surface area contributed by atoms with Crippen LogP contribution in [0, 0.1) is 0 Å². The molecule has 0 saturated carbocycles. The van der Waals surface area contributed by atoms with E-state index in [1.165, 1.54) is 78.3 Å². The highest BCUT2D eigenvalue weighted by Gasteiger charge is 2.21. The van der Waals surface area contributed by atoms with Crippen LogP contribution in [0.5, 0.6) is 0 Å². The smallest absolute Gasteiger partial charge is 0.278 e. The maximum absolute atomic E-state index is 11.8. The van der Waals surface area contributed by atoms with Crippen molar-refractivity contribution in [1.29, 1.82) is 0 Å². The van der Waals surface area contributed by atoms with E-state index in [0.29, 0.717) is 6.41 Å². The predicted octanol–water partition coefficient (Wildman–Crippen LogP) is 4.34. The Labute approximate surface area is 150 Å². The molecule has 0 aromatic rings. The van der Waals surface area contributed by atoms with Crippen molar-refractivity contribution in [3.63, 3.8) is 0 Å². The molecule has 6 heteroatoms. The Morgan fingerprint density at radius 2 is 1.08 bits per heavy atom. The molecule has 0 N–H and O–H groups in total. The standard InChI is InChI=1S/C18H38N2O3S/c1-4-5-6-7-8-9-10-11-12-13-14-15-16-17-20(18-21)24(22,23)19(2)3/h18H,4-17H2,1-3H3. The van der Waals surface area contributed by atoms with Crippen LogP contribution < -0.4 is 0 Å². The largest absolute Gasteiger partial charge is 0.305 e. The van der Waals surface area contributed by atoms with E-state index in [0.717, 1.165) is 27.9 Å². The molecule has 0 saturated heterocycles. The molecule has 144 valence electrons. The molecule has 0 heterocycles. The Morgan fingerprint density at radius 3 is 1.42 bits per heavy atom. The summed E-state index contributed by atoms with van der Waals surface area (Å²) in [5, 5.41) is 0. The van der Waals surface area contributed by atoms with Gasteiger partial charge in [0.2, 0.25) is 6.41 Å². The molecule has 1 amide bonds. The summed E-state index contributed by atoms with van der Waals surface area (Å²) in [6.45, 7) is 2.53. The molecule has 0 aliphatic rings. The van der Waals surface area contributed by atoms with Crippen LogP contribution in [-0.2, 0) is 15.0 Å². The van der Waals surface area contributed by atoms with Gasteiger partial charge in [0.15, 0.2) is 0 Å². The zero-order valence-corrected chi connectivity index (χ0v) is 16.8. The highest BCUT2D eigenvalue weighted by atomic mass is 32.2. The molecule has 0 radical (unpaired) electrons. The molecule has 0 aromatic heterocycles. The van der Waals surface area contributed by atoms with Gasteiger partial charge in [-0.05, 0) is 6.42 Å². The fourth-order valence-electron chi connectivity index (χ4n) is 2.72. The minimum absolute atomic E-state index is 0.280. The van der Waals surface area contributed by atoms with Crippen molar-refractivity contribution in [2.24, 2.45) is 0 Å². The normalized spacial score (nSPS) is 11.8. The quantitative estimate of drug-likeness (QED) is 0.286. The number of unbranched alkanes of at least 4 members (excludes halogenated alkanes) is 12. The fraction of sp³-hybridized carbons (Fsp3) is 0.944. The molecule has 0 bridgehead atoms. The number of rotatable bonds is 17. The molecule has 0 aliphatic heterocycles. The summed E-state index contributed by atoms with van der Waals surface area (Å²) in [7, 11) is -0.727. The number of hydrogen-bond acceptors (Lipinski definition) is 3. The first-order valence-corrected chi connectivity index (χ1v) is 11.0. The van der Waals surface area contributed by atoms with Gasteiger partial charge in [-0.1, -0.05) is 84.0 Å². The molecule has 0 unspecified atom stereocenters. The van der Waals surface area contributed by atoms with Crippen LogP contribution in [0.4, 0.5) is 0 Å². The zero-order chi connectivity index (χ0) is 18.3. The Hall–Kier alpha value is -0.620. The van der Waals surface area contributed by atoms with E-state index in [2.05, 4.69) is 6.92 Å². The second-order valence-electron chi connectivity index (χ2n) is 6.75. The summed E-state index contributed by atoms with van der Waals surface area (Å²) in [6, 6.07) is 0. The van der Waals surface area contributed by atoms with Crippen LogP contribution >= 0.6 is 0 Å². The van der Waals surface area contributed by atoms with Crippen LogP contribution in [0.3, 0.4) is 0 Å². The fourth-order valence-corrected chi connectivity index (χ4v) is 3.61. The number of amides is 1. The molecule has 0 atom stereocenters. The first kappa shape index (κ1) is 23.4. The van der Waals surface area contributed by atoms with E-state index in [1.54, 1.807) is 0 Å². The molecule has 0 fully saturated rings. The lowest BCUT2D eigenvalue weighted by Crippen LogP contribution is -2.39. The topological polar surface area (TPSA) is 57.7 Å². The molecule has 0 aliphatic carbocycles. The Morgan fingerprint density at radius 1 is 0.708 bits per heavy atom. The third-order valence-corrected chi connectivity index (χ3v) is 6.14. The van der Waals surface area contributed by atoms with Gasteiger partial charge in [-0.2, -0.15) is 12.7 Å². The second kappa shape index (κ2) is 14.7. The monoisotopic (exact) mass is 362 g/mol. The van der Waals surface area contributed by atoms with Crippen molar-refractivity contribution < 1.29 is 13.2 Å². The van der Waals surface area contributed by atoms with E-state index in [9.17, 15) is 13.2 Å². The summed E-state index contributed by atoms with van der Waals surface area (Å²) < 4.78 is 25.6. The van der Waals surface area contributed by atoms with Gasteiger partial charge in [0.25, 0.3) is 0 Å². The minimum Gasteiger partial charge on any atom is -0.278 e. The van der Waals surface area contributed by atoms with Gasteiger partial charge >= 0.3 is 10.2 Å². The van der Waals surface area contributed by atoms with Gasteiger partial charge in [-0.15, -0.1) is 0 Å². The third-order valence-electron chi connectivity index (χ3n) is 4.36. The van der Waals surface area contributed by atoms with Gasteiger partial charge < -0.3 is 0 Å². The maximum atomic E-state index is 11.8. The van der Waals surface area contributed by atoms with Crippen LogP contribution in [0.15, 0.2) is 0 Å². The molecule has 0 rings (SSSR count). The second-order valence-corrected chi connectivity index (χ2v) is 8.84.